The molecule has 0 unspecified atom stereocenters. The number of nitrogen functional groups attached to an aromatic ring is 1. The Labute approximate surface area is 169 Å². The van der Waals surface area contributed by atoms with Crippen molar-refractivity contribution in [2.45, 2.75) is 5.16 Å². The highest BCUT2D eigenvalue weighted by Crippen LogP contribution is 2.18. The van der Waals surface area contributed by atoms with Crippen molar-refractivity contribution in [1.82, 2.24) is 14.9 Å². The van der Waals surface area contributed by atoms with Crippen LogP contribution in [0.3, 0.4) is 0 Å². The molecule has 0 bridgehead atoms. The molecule has 2 aromatic carbocycles. The molecule has 0 spiro atoms. The second-order valence-corrected chi connectivity index (χ2v) is 6.54. The van der Waals surface area contributed by atoms with E-state index >= 15 is 0 Å². The van der Waals surface area contributed by atoms with Gasteiger partial charge in [-0.15, -0.1) is 10.2 Å². The zero-order chi connectivity index (χ0) is 20.6. The maximum absolute atomic E-state index is 12.0. The summed E-state index contributed by atoms with van der Waals surface area (Å²) in [7, 11) is 0. The fourth-order valence-corrected chi connectivity index (χ4v) is 2.81. The Bertz CT molecular complexity index is 1020. The molecule has 0 fully saturated rings. The van der Waals surface area contributed by atoms with Gasteiger partial charge in [0, 0.05) is 17.8 Å². The molecule has 3 rings (SSSR count). The van der Waals surface area contributed by atoms with E-state index in [1.807, 2.05) is 30.3 Å². The summed E-state index contributed by atoms with van der Waals surface area (Å²) in [5.41, 5.74) is 3.99. The van der Waals surface area contributed by atoms with Crippen LogP contribution in [0.25, 0.3) is 0 Å². The molecule has 12 heteroatoms. The van der Waals surface area contributed by atoms with Gasteiger partial charge in [-0.25, -0.2) is 10.1 Å². The lowest BCUT2D eigenvalue weighted by atomic mass is 10.2. The molecule has 0 aliphatic carbocycles. The van der Waals surface area contributed by atoms with Crippen molar-refractivity contribution in [2.24, 2.45) is 5.10 Å². The first-order valence-electron chi connectivity index (χ1n) is 8.24. The Kier molecular flexibility index (Phi) is 6.37. The molecule has 29 heavy (non-hydrogen) atoms. The minimum absolute atomic E-state index is 0.0274. The Morgan fingerprint density at radius 1 is 1.21 bits per heavy atom. The number of rotatable bonds is 8. The van der Waals surface area contributed by atoms with Gasteiger partial charge in [0.15, 0.2) is 0 Å². The van der Waals surface area contributed by atoms with E-state index in [-0.39, 0.29) is 23.3 Å². The van der Waals surface area contributed by atoms with Gasteiger partial charge < -0.3 is 11.2 Å². The van der Waals surface area contributed by atoms with E-state index in [0.29, 0.717) is 10.8 Å². The first kappa shape index (κ1) is 19.8. The fourth-order valence-electron chi connectivity index (χ4n) is 2.15. The van der Waals surface area contributed by atoms with Crippen LogP contribution in [-0.4, -0.2) is 37.7 Å². The average Bonchev–Trinajstić information content (AvgIpc) is 3.07. The highest BCUT2D eigenvalue weighted by molar-refractivity contribution is 7.99. The second kappa shape index (κ2) is 9.32. The van der Waals surface area contributed by atoms with E-state index in [1.165, 1.54) is 28.9 Å². The van der Waals surface area contributed by atoms with Gasteiger partial charge in [-0.1, -0.05) is 42.1 Å². The van der Waals surface area contributed by atoms with E-state index in [2.05, 4.69) is 26.0 Å². The van der Waals surface area contributed by atoms with Crippen molar-refractivity contribution < 1.29 is 9.72 Å². The fraction of sp³-hybridized carbons (Fsp3) is 0.0588. The zero-order valence-electron chi connectivity index (χ0n) is 14.9. The molecular weight excluding hydrogens is 396 g/mol. The predicted octanol–water partition coefficient (Wildman–Crippen LogP) is 2.08. The van der Waals surface area contributed by atoms with Crippen molar-refractivity contribution in [3.8, 4) is 0 Å². The highest BCUT2D eigenvalue weighted by Gasteiger charge is 2.12. The first-order chi connectivity index (χ1) is 14.0. The van der Waals surface area contributed by atoms with Gasteiger partial charge in [0.25, 0.3) is 11.6 Å². The van der Waals surface area contributed by atoms with Crippen molar-refractivity contribution in [3.05, 3.63) is 70.3 Å². The van der Waals surface area contributed by atoms with Gasteiger partial charge in [-0.05, 0) is 17.7 Å². The molecule has 1 amide bonds. The van der Waals surface area contributed by atoms with Gasteiger partial charge in [-0.3, -0.25) is 14.9 Å². The van der Waals surface area contributed by atoms with Crippen LogP contribution in [-0.2, 0) is 4.79 Å². The number of hydrazone groups is 1. The number of nitrogens with two attached hydrogens (primary N) is 1. The monoisotopic (exact) mass is 412 g/mol. The van der Waals surface area contributed by atoms with Crippen LogP contribution < -0.4 is 16.6 Å². The van der Waals surface area contributed by atoms with Gasteiger partial charge in [0.2, 0.25) is 11.1 Å². The van der Waals surface area contributed by atoms with Crippen molar-refractivity contribution in [3.63, 3.8) is 0 Å². The van der Waals surface area contributed by atoms with Crippen LogP contribution in [0.1, 0.15) is 5.56 Å². The third-order valence-electron chi connectivity index (χ3n) is 3.54. The number of nitrogens with one attached hydrogen (secondary N) is 2. The molecule has 148 valence electrons. The number of carbonyl (C=O) groups is 1. The predicted molar refractivity (Wildman–Crippen MR) is 110 cm³/mol. The number of amides is 1. The number of hydrogen-bond donors (Lipinski definition) is 3. The molecule has 4 N–H and O–H groups in total. The van der Waals surface area contributed by atoms with E-state index in [9.17, 15) is 14.9 Å². The minimum Gasteiger partial charge on any atom is -0.334 e. The number of aromatic nitrogens is 3. The smallest absolute Gasteiger partial charge is 0.269 e. The Balaban J connectivity index is 1.51. The third-order valence-corrected chi connectivity index (χ3v) is 4.48. The van der Waals surface area contributed by atoms with Gasteiger partial charge in [0.1, 0.15) is 0 Å². The number of hydrogen-bond acceptors (Lipinski definition) is 9. The van der Waals surface area contributed by atoms with E-state index < -0.39 is 4.92 Å². The third kappa shape index (κ3) is 5.52. The lowest BCUT2D eigenvalue weighted by Gasteiger charge is -2.05. The number of benzene rings is 2. The SMILES string of the molecule is Nn1c(N/N=C/c2ccccc2)nnc1SCC(=O)Nc1ccc([N+](=O)[O-])cc1. The summed E-state index contributed by atoms with van der Waals surface area (Å²) in [6, 6.07) is 15.0. The molecule has 0 aliphatic heterocycles. The van der Waals surface area contributed by atoms with Crippen molar-refractivity contribution >= 4 is 41.2 Å². The maximum atomic E-state index is 12.0. The Morgan fingerprint density at radius 2 is 1.93 bits per heavy atom. The number of thioether (sulfide) groups is 1. The summed E-state index contributed by atoms with van der Waals surface area (Å²) in [5, 5.41) is 25.4. The lowest BCUT2D eigenvalue weighted by Crippen LogP contribution is -2.16. The Morgan fingerprint density at radius 3 is 2.62 bits per heavy atom. The Hall–Kier alpha value is -3.93. The van der Waals surface area contributed by atoms with Crippen molar-refractivity contribution in [1.29, 1.82) is 0 Å². The molecule has 1 heterocycles. The largest absolute Gasteiger partial charge is 0.334 e. The molecular formula is C17H16N8O3S. The van der Waals surface area contributed by atoms with Crippen LogP contribution in [0.15, 0.2) is 64.9 Å². The van der Waals surface area contributed by atoms with E-state index in [4.69, 9.17) is 5.84 Å². The number of carbonyl (C=O) groups excluding carboxylic acids is 1. The highest BCUT2D eigenvalue weighted by atomic mass is 32.2. The second-order valence-electron chi connectivity index (χ2n) is 5.60. The van der Waals surface area contributed by atoms with Crippen molar-refractivity contribution in [2.75, 3.05) is 22.3 Å². The normalized spacial score (nSPS) is 10.8. The molecule has 0 atom stereocenters. The number of non-ortho nitro benzene ring substituents is 1. The number of nitro groups is 1. The average molecular weight is 412 g/mol. The summed E-state index contributed by atoms with van der Waals surface area (Å²) < 4.78 is 1.19. The molecule has 11 nitrogen and oxygen atoms in total. The summed E-state index contributed by atoms with van der Waals surface area (Å²) in [4.78, 5) is 22.2. The van der Waals surface area contributed by atoms with Crippen LogP contribution in [0.2, 0.25) is 0 Å². The summed E-state index contributed by atoms with van der Waals surface area (Å²) >= 11 is 1.09. The maximum Gasteiger partial charge on any atom is 0.269 e. The number of nitrogens with zero attached hydrogens (tertiary/aromatic N) is 5. The van der Waals surface area contributed by atoms with Crippen LogP contribution in [0.4, 0.5) is 17.3 Å². The molecule has 3 aromatic rings. The molecule has 0 saturated heterocycles. The molecule has 0 saturated carbocycles. The quantitative estimate of drug-likeness (QED) is 0.167. The lowest BCUT2D eigenvalue weighted by molar-refractivity contribution is -0.384. The van der Waals surface area contributed by atoms with Crippen LogP contribution >= 0.6 is 11.8 Å². The number of nitro benzene ring substituents is 1. The number of anilines is 2. The summed E-state index contributed by atoms with van der Waals surface area (Å²) in [6.07, 6.45) is 1.61. The standard InChI is InChI=1S/C17H16N8O3S/c18-24-16(21-19-10-12-4-2-1-3-5-12)22-23-17(24)29-11-15(26)20-13-6-8-14(9-7-13)25(27)28/h1-10H,11,18H2,(H,20,26)(H,21,22)/b19-10+. The van der Waals surface area contributed by atoms with Crippen LogP contribution in [0.5, 0.6) is 0 Å². The van der Waals surface area contributed by atoms with Gasteiger partial charge in [-0.2, -0.15) is 5.10 Å². The summed E-state index contributed by atoms with van der Waals surface area (Å²) in [5.74, 6) is 5.83. The van der Waals surface area contributed by atoms with Crippen LogP contribution in [0, 0.1) is 10.1 Å². The molecule has 0 aliphatic rings. The zero-order valence-corrected chi connectivity index (χ0v) is 15.7. The molecule has 1 aromatic heterocycles. The first-order valence-corrected chi connectivity index (χ1v) is 9.23. The van der Waals surface area contributed by atoms with Gasteiger partial charge >= 0.3 is 0 Å². The van der Waals surface area contributed by atoms with Gasteiger partial charge in [0.05, 0.1) is 16.9 Å². The summed E-state index contributed by atoms with van der Waals surface area (Å²) in [6.45, 7) is 0. The van der Waals surface area contributed by atoms with E-state index in [0.717, 1.165) is 17.3 Å². The molecule has 0 radical (unpaired) electrons. The minimum atomic E-state index is -0.509. The topological polar surface area (TPSA) is 153 Å². The van der Waals surface area contributed by atoms with E-state index in [1.54, 1.807) is 6.21 Å².